The number of fused-ring (bicyclic) bond motifs is 1. The number of hydrogen-bond donors (Lipinski definition) is 0. The Hall–Kier alpha value is -1.54. The second-order valence-electron chi connectivity index (χ2n) is 3.43. The number of benzene rings is 2. The fourth-order valence-corrected chi connectivity index (χ4v) is 1.69. The Balaban J connectivity index is 2.27. The van der Waals surface area contributed by atoms with E-state index in [0.717, 1.165) is 16.3 Å². The molecule has 16 heavy (non-hydrogen) atoms. The van der Waals surface area contributed by atoms with Gasteiger partial charge in [0.1, 0.15) is 12.5 Å². The van der Waals surface area contributed by atoms with Crippen molar-refractivity contribution in [3.05, 3.63) is 48.0 Å². The second-order valence-corrected chi connectivity index (χ2v) is 3.70. The van der Waals surface area contributed by atoms with E-state index in [1.54, 1.807) is 0 Å². The van der Waals surface area contributed by atoms with Gasteiger partial charge in [-0.1, -0.05) is 42.5 Å². The third kappa shape index (κ3) is 2.34. The first-order valence-electron chi connectivity index (χ1n) is 4.99. The molecule has 3 heteroatoms. The topological polar surface area (TPSA) is 26.3 Å². The Morgan fingerprint density at radius 2 is 1.88 bits per heavy atom. The predicted octanol–water partition coefficient (Wildman–Crippen LogP) is 3.12. The molecule has 0 aliphatic rings. The standard InChI is InChI=1S/C13H11ClO2/c14-8-13(15)16-9-11-6-3-5-10-4-1-2-7-12(10)11/h1-7H,8-9H2. The third-order valence-electron chi connectivity index (χ3n) is 2.38. The van der Waals surface area contributed by atoms with Gasteiger partial charge in [-0.3, -0.25) is 4.79 Å². The zero-order valence-electron chi connectivity index (χ0n) is 8.65. The van der Waals surface area contributed by atoms with E-state index in [1.807, 2.05) is 42.5 Å². The largest absolute Gasteiger partial charge is 0.460 e. The molecule has 0 heterocycles. The first-order valence-corrected chi connectivity index (χ1v) is 5.53. The van der Waals surface area contributed by atoms with Crippen LogP contribution < -0.4 is 0 Å². The summed E-state index contributed by atoms with van der Waals surface area (Å²) in [6, 6.07) is 13.9. The van der Waals surface area contributed by atoms with Crippen LogP contribution in [-0.4, -0.2) is 11.8 Å². The lowest BCUT2D eigenvalue weighted by Gasteiger charge is -2.06. The number of hydrogen-bond acceptors (Lipinski definition) is 2. The van der Waals surface area contributed by atoms with Gasteiger partial charge in [-0.15, -0.1) is 11.6 Å². The minimum absolute atomic E-state index is 0.106. The van der Waals surface area contributed by atoms with Crippen molar-refractivity contribution in [1.82, 2.24) is 0 Å². The molecule has 0 aliphatic carbocycles. The monoisotopic (exact) mass is 234 g/mol. The summed E-state index contributed by atoms with van der Waals surface area (Å²) < 4.78 is 5.01. The van der Waals surface area contributed by atoms with Crippen LogP contribution in [0.15, 0.2) is 42.5 Å². The number of esters is 1. The molecule has 2 aromatic carbocycles. The van der Waals surface area contributed by atoms with Crippen LogP contribution in [-0.2, 0) is 16.1 Å². The average Bonchev–Trinajstić information content (AvgIpc) is 2.35. The molecule has 0 aliphatic heterocycles. The van der Waals surface area contributed by atoms with E-state index in [0.29, 0.717) is 0 Å². The first kappa shape index (κ1) is 11.0. The zero-order chi connectivity index (χ0) is 11.4. The van der Waals surface area contributed by atoms with Gasteiger partial charge in [0.25, 0.3) is 0 Å². The van der Waals surface area contributed by atoms with Crippen LogP contribution >= 0.6 is 11.6 Å². The van der Waals surface area contributed by atoms with Crippen molar-refractivity contribution in [2.45, 2.75) is 6.61 Å². The Morgan fingerprint density at radius 1 is 1.12 bits per heavy atom. The fraction of sp³-hybridized carbons (Fsp3) is 0.154. The molecule has 0 fully saturated rings. The van der Waals surface area contributed by atoms with Gasteiger partial charge in [0.05, 0.1) is 0 Å². The highest BCUT2D eigenvalue weighted by Crippen LogP contribution is 2.19. The first-order chi connectivity index (χ1) is 7.81. The molecule has 0 atom stereocenters. The summed E-state index contributed by atoms with van der Waals surface area (Å²) in [5.74, 6) is -0.500. The van der Waals surface area contributed by atoms with E-state index in [4.69, 9.17) is 16.3 Å². The predicted molar refractivity (Wildman–Crippen MR) is 64.5 cm³/mol. The van der Waals surface area contributed by atoms with Gasteiger partial charge in [-0.2, -0.15) is 0 Å². The zero-order valence-corrected chi connectivity index (χ0v) is 9.41. The fourth-order valence-electron chi connectivity index (χ4n) is 1.62. The van der Waals surface area contributed by atoms with E-state index >= 15 is 0 Å². The van der Waals surface area contributed by atoms with Crippen LogP contribution in [0, 0.1) is 0 Å². The maximum Gasteiger partial charge on any atom is 0.321 e. The summed E-state index contributed by atoms with van der Waals surface area (Å²) in [4.78, 5) is 11.0. The maximum absolute atomic E-state index is 11.0. The Kier molecular flexibility index (Phi) is 3.42. The number of carbonyl (C=O) groups excluding carboxylic acids is 1. The summed E-state index contributed by atoms with van der Waals surface area (Å²) in [5, 5.41) is 2.24. The molecular weight excluding hydrogens is 224 g/mol. The van der Waals surface area contributed by atoms with Crippen molar-refractivity contribution < 1.29 is 9.53 Å². The molecule has 0 spiro atoms. The second kappa shape index (κ2) is 4.99. The van der Waals surface area contributed by atoms with E-state index in [9.17, 15) is 4.79 Å². The molecular formula is C13H11ClO2. The Morgan fingerprint density at radius 3 is 2.69 bits per heavy atom. The summed E-state index contributed by atoms with van der Waals surface area (Å²) in [5.41, 5.74) is 0.997. The van der Waals surface area contributed by atoms with Crippen LogP contribution in [0.5, 0.6) is 0 Å². The molecule has 82 valence electrons. The minimum atomic E-state index is -0.394. The molecule has 0 saturated carbocycles. The summed E-state index contributed by atoms with van der Waals surface area (Å²) >= 11 is 5.36. The third-order valence-corrected chi connectivity index (χ3v) is 2.60. The van der Waals surface area contributed by atoms with Gasteiger partial charge in [0.2, 0.25) is 0 Å². The molecule has 0 radical (unpaired) electrons. The van der Waals surface area contributed by atoms with Gasteiger partial charge in [-0.05, 0) is 16.3 Å². The molecule has 0 aromatic heterocycles. The SMILES string of the molecule is O=C(CCl)OCc1cccc2ccccc12. The molecule has 0 amide bonds. The molecule has 2 rings (SSSR count). The molecule has 2 aromatic rings. The van der Waals surface area contributed by atoms with Crippen LogP contribution in [0.1, 0.15) is 5.56 Å². The quantitative estimate of drug-likeness (QED) is 0.603. The van der Waals surface area contributed by atoms with Crippen molar-refractivity contribution in [3.63, 3.8) is 0 Å². The maximum atomic E-state index is 11.0. The van der Waals surface area contributed by atoms with Gasteiger partial charge in [0, 0.05) is 0 Å². The number of carbonyl (C=O) groups is 1. The summed E-state index contributed by atoms with van der Waals surface area (Å²) in [7, 11) is 0. The number of alkyl halides is 1. The van der Waals surface area contributed by atoms with Crippen LogP contribution in [0.25, 0.3) is 10.8 Å². The molecule has 2 nitrogen and oxygen atoms in total. The van der Waals surface area contributed by atoms with Crippen LogP contribution in [0.2, 0.25) is 0 Å². The minimum Gasteiger partial charge on any atom is -0.460 e. The van der Waals surface area contributed by atoms with Crippen molar-refractivity contribution in [3.8, 4) is 0 Å². The van der Waals surface area contributed by atoms with Crippen LogP contribution in [0.3, 0.4) is 0 Å². The van der Waals surface area contributed by atoms with Crippen molar-refractivity contribution in [2.24, 2.45) is 0 Å². The number of ether oxygens (including phenoxy) is 1. The highest BCUT2D eigenvalue weighted by Gasteiger charge is 2.03. The molecule has 0 unspecified atom stereocenters. The number of rotatable bonds is 3. The Labute approximate surface area is 98.8 Å². The lowest BCUT2D eigenvalue weighted by molar-refractivity contribution is -0.141. The molecule has 0 saturated heterocycles. The van der Waals surface area contributed by atoms with E-state index in [2.05, 4.69) is 0 Å². The van der Waals surface area contributed by atoms with Gasteiger partial charge in [-0.25, -0.2) is 0 Å². The molecule has 0 bridgehead atoms. The van der Waals surface area contributed by atoms with E-state index in [1.165, 1.54) is 0 Å². The number of halogens is 1. The Bertz CT molecular complexity index is 503. The van der Waals surface area contributed by atoms with Gasteiger partial charge in [0.15, 0.2) is 0 Å². The van der Waals surface area contributed by atoms with Crippen molar-refractivity contribution in [1.29, 1.82) is 0 Å². The van der Waals surface area contributed by atoms with Crippen LogP contribution in [0.4, 0.5) is 0 Å². The lowest BCUT2D eigenvalue weighted by Crippen LogP contribution is -2.05. The molecule has 0 N–H and O–H groups in total. The van der Waals surface area contributed by atoms with E-state index in [-0.39, 0.29) is 12.5 Å². The van der Waals surface area contributed by atoms with Gasteiger partial charge >= 0.3 is 5.97 Å². The highest BCUT2D eigenvalue weighted by molar-refractivity contribution is 6.26. The van der Waals surface area contributed by atoms with E-state index < -0.39 is 5.97 Å². The van der Waals surface area contributed by atoms with Crippen molar-refractivity contribution in [2.75, 3.05) is 5.88 Å². The normalized spacial score (nSPS) is 10.3. The van der Waals surface area contributed by atoms with Crippen molar-refractivity contribution >= 4 is 28.3 Å². The smallest absolute Gasteiger partial charge is 0.321 e. The van der Waals surface area contributed by atoms with Gasteiger partial charge < -0.3 is 4.74 Å². The average molecular weight is 235 g/mol. The summed E-state index contributed by atoms with van der Waals surface area (Å²) in [6.07, 6.45) is 0. The summed E-state index contributed by atoms with van der Waals surface area (Å²) in [6.45, 7) is 0.271. The lowest BCUT2D eigenvalue weighted by atomic mass is 10.1. The highest BCUT2D eigenvalue weighted by atomic mass is 35.5.